The van der Waals surface area contributed by atoms with E-state index in [0.29, 0.717) is 5.52 Å². The van der Waals surface area contributed by atoms with E-state index in [2.05, 4.69) is 21.2 Å². The number of esters is 3. The molecular formula is C30H37N6O10P. The number of carbonyl (C=O) groups is 3. The van der Waals surface area contributed by atoms with Crippen molar-refractivity contribution in [3.8, 4) is 11.8 Å². The third-order valence-corrected chi connectivity index (χ3v) is 8.61. The highest BCUT2D eigenvalue weighted by molar-refractivity contribution is 7.52. The van der Waals surface area contributed by atoms with E-state index in [1.54, 1.807) is 52.0 Å². The van der Waals surface area contributed by atoms with Crippen LogP contribution in [0.25, 0.3) is 5.52 Å². The number of nitriles is 1. The lowest BCUT2D eigenvalue weighted by atomic mass is 9.92. The van der Waals surface area contributed by atoms with Crippen molar-refractivity contribution in [2.45, 2.75) is 83.5 Å². The summed E-state index contributed by atoms with van der Waals surface area (Å²) in [5, 5.41) is 17.5. The molecule has 6 atom stereocenters. The number of hydrogen-bond acceptors (Lipinski definition) is 14. The van der Waals surface area contributed by atoms with Gasteiger partial charge in [-0.2, -0.15) is 15.4 Å². The van der Waals surface area contributed by atoms with Gasteiger partial charge in [0.2, 0.25) is 5.60 Å². The van der Waals surface area contributed by atoms with Gasteiger partial charge in [0.15, 0.2) is 18.0 Å². The van der Waals surface area contributed by atoms with Gasteiger partial charge in [0, 0.05) is 12.8 Å². The Morgan fingerprint density at radius 1 is 1.11 bits per heavy atom. The highest BCUT2D eigenvalue weighted by Crippen LogP contribution is 2.48. The molecule has 16 nitrogen and oxygen atoms in total. The van der Waals surface area contributed by atoms with E-state index >= 15 is 0 Å². The molecule has 3 heterocycles. The van der Waals surface area contributed by atoms with Crippen molar-refractivity contribution in [3.05, 3.63) is 54.5 Å². The van der Waals surface area contributed by atoms with E-state index in [1.165, 1.54) is 36.0 Å². The molecule has 0 spiro atoms. The molecule has 0 bridgehead atoms. The van der Waals surface area contributed by atoms with Gasteiger partial charge >= 0.3 is 25.7 Å². The molecule has 3 aromatic rings. The number of benzene rings is 1. The molecule has 1 saturated heterocycles. The fourth-order valence-corrected chi connectivity index (χ4v) is 6.27. The maximum absolute atomic E-state index is 14.2. The smallest absolute Gasteiger partial charge is 0.459 e. The second-order valence-electron chi connectivity index (χ2n) is 10.8. The first kappa shape index (κ1) is 35.3. The monoisotopic (exact) mass is 672 g/mol. The Morgan fingerprint density at radius 3 is 2.43 bits per heavy atom. The lowest BCUT2D eigenvalue weighted by molar-refractivity contribution is -0.169. The van der Waals surface area contributed by atoms with E-state index in [9.17, 15) is 24.2 Å². The summed E-state index contributed by atoms with van der Waals surface area (Å²) in [6.07, 6.45) is -3.76. The Bertz CT molecular complexity index is 1680. The van der Waals surface area contributed by atoms with E-state index in [4.69, 9.17) is 33.7 Å². The molecule has 1 unspecified atom stereocenters. The summed E-state index contributed by atoms with van der Waals surface area (Å²) >= 11 is 0. The first-order valence-corrected chi connectivity index (χ1v) is 16.4. The largest absolute Gasteiger partial charge is 0.462 e. The van der Waals surface area contributed by atoms with Crippen molar-refractivity contribution in [2.24, 2.45) is 0 Å². The Kier molecular flexibility index (Phi) is 11.2. The number of hydrogen-bond donors (Lipinski definition) is 2. The van der Waals surface area contributed by atoms with Crippen molar-refractivity contribution < 1.29 is 46.9 Å². The Hall–Kier alpha value is -4.55. The number of nitrogen functional groups attached to an aromatic ring is 1. The van der Waals surface area contributed by atoms with Crippen LogP contribution >= 0.6 is 7.75 Å². The molecule has 17 heteroatoms. The predicted molar refractivity (Wildman–Crippen MR) is 164 cm³/mol. The number of fused-ring (bicyclic) bond motifs is 1. The molecule has 47 heavy (non-hydrogen) atoms. The number of rotatable bonds is 14. The van der Waals surface area contributed by atoms with Crippen LogP contribution in [-0.4, -0.2) is 69.6 Å². The lowest BCUT2D eigenvalue weighted by Gasteiger charge is -2.28. The number of aromatic nitrogens is 3. The third-order valence-electron chi connectivity index (χ3n) is 6.97. The van der Waals surface area contributed by atoms with Crippen LogP contribution in [0.1, 0.15) is 53.2 Å². The van der Waals surface area contributed by atoms with Crippen LogP contribution < -0.4 is 15.3 Å². The van der Waals surface area contributed by atoms with Crippen LogP contribution in [0.4, 0.5) is 5.82 Å². The predicted octanol–water partition coefficient (Wildman–Crippen LogP) is 3.21. The summed E-state index contributed by atoms with van der Waals surface area (Å²) in [7, 11) is -4.43. The number of nitrogens with zero attached hydrogens (tertiary/aromatic N) is 4. The van der Waals surface area contributed by atoms with Crippen LogP contribution in [0.15, 0.2) is 48.8 Å². The Labute approximate surface area is 271 Å². The van der Waals surface area contributed by atoms with Gasteiger partial charge in [-0.25, -0.2) is 14.1 Å². The number of nitrogens with two attached hydrogens (primary N) is 1. The van der Waals surface area contributed by atoms with Crippen molar-refractivity contribution in [2.75, 3.05) is 12.3 Å². The summed E-state index contributed by atoms with van der Waals surface area (Å²) in [4.78, 5) is 42.0. The molecule has 1 aromatic carbocycles. The van der Waals surface area contributed by atoms with Gasteiger partial charge in [-0.1, -0.05) is 32.0 Å². The number of carbonyl (C=O) groups excluding carboxylic acids is 3. The highest BCUT2D eigenvalue weighted by Gasteiger charge is 2.62. The SMILES string of the molecule is CCC(=O)O[C@H]1[C@@H](OC(=O)CC)[C@](C#N)(c2ccc3c(N)ncnn23)O[C@@H]1COP(=O)(N[C@@H](C)C(=O)OC(C)C)Oc1ccccc1. The number of anilines is 1. The Balaban J connectivity index is 1.75. The van der Waals surface area contributed by atoms with Crippen molar-refractivity contribution in [3.63, 3.8) is 0 Å². The van der Waals surface area contributed by atoms with Crippen molar-refractivity contribution >= 4 is 37.0 Å². The van der Waals surface area contributed by atoms with E-state index in [0.717, 1.165) is 0 Å². The number of para-hydroxylation sites is 1. The molecule has 1 aliphatic heterocycles. The maximum atomic E-state index is 14.2. The van der Waals surface area contributed by atoms with E-state index < -0.39 is 68.3 Å². The molecule has 4 rings (SSSR count). The van der Waals surface area contributed by atoms with E-state index in [1.807, 2.05) is 0 Å². The molecule has 2 aromatic heterocycles. The minimum atomic E-state index is -4.43. The van der Waals surface area contributed by atoms with Crippen LogP contribution in [-0.2, 0) is 48.0 Å². The first-order valence-electron chi connectivity index (χ1n) is 14.9. The minimum absolute atomic E-state index is 0.0669. The van der Waals surface area contributed by atoms with Gasteiger partial charge in [0.1, 0.15) is 35.8 Å². The third kappa shape index (κ3) is 7.88. The van der Waals surface area contributed by atoms with Crippen LogP contribution in [0.3, 0.4) is 0 Å². The summed E-state index contributed by atoms with van der Waals surface area (Å²) in [6, 6.07) is 12.0. The van der Waals surface area contributed by atoms with Crippen LogP contribution in [0, 0.1) is 11.3 Å². The van der Waals surface area contributed by atoms with Gasteiger partial charge < -0.3 is 29.2 Å². The molecule has 0 radical (unpaired) electrons. The molecule has 0 amide bonds. The lowest BCUT2D eigenvalue weighted by Crippen LogP contribution is -2.46. The summed E-state index contributed by atoms with van der Waals surface area (Å²) < 4.78 is 50.0. The average molecular weight is 673 g/mol. The topological polar surface area (TPSA) is 216 Å². The van der Waals surface area contributed by atoms with Crippen LogP contribution in [0.2, 0.25) is 0 Å². The van der Waals surface area contributed by atoms with Crippen molar-refractivity contribution in [1.82, 2.24) is 19.7 Å². The zero-order valence-electron chi connectivity index (χ0n) is 26.5. The first-order chi connectivity index (χ1) is 22.4. The zero-order valence-corrected chi connectivity index (χ0v) is 27.4. The molecule has 1 fully saturated rings. The molecule has 0 saturated carbocycles. The second-order valence-corrected chi connectivity index (χ2v) is 12.5. The fourth-order valence-electron chi connectivity index (χ4n) is 4.77. The summed E-state index contributed by atoms with van der Waals surface area (Å²) in [5.41, 5.74) is 4.31. The van der Waals surface area contributed by atoms with Crippen LogP contribution in [0.5, 0.6) is 5.75 Å². The highest BCUT2D eigenvalue weighted by atomic mass is 31.2. The van der Waals surface area contributed by atoms with Gasteiger partial charge in [-0.15, -0.1) is 0 Å². The van der Waals surface area contributed by atoms with Crippen molar-refractivity contribution in [1.29, 1.82) is 5.26 Å². The second kappa shape index (κ2) is 14.9. The Morgan fingerprint density at radius 2 is 1.79 bits per heavy atom. The molecule has 0 aliphatic carbocycles. The van der Waals surface area contributed by atoms with Gasteiger partial charge in [-0.05, 0) is 45.0 Å². The zero-order chi connectivity index (χ0) is 34.4. The van der Waals surface area contributed by atoms with Gasteiger partial charge in [0.25, 0.3) is 0 Å². The van der Waals surface area contributed by atoms with Gasteiger partial charge in [0.05, 0.1) is 18.4 Å². The molecular weight excluding hydrogens is 635 g/mol. The standard InChI is InChI=1S/C30H37N6O10P/c1-6-24(37)43-26-22(15-41-47(40,46-20-11-9-8-10-12-20)35-19(5)29(39)42-18(3)4)45-30(16-31,27(26)44-25(38)7-2)23-14-13-21-28(32)33-17-34-36(21)23/h8-14,17-19,22,26-27H,6-7,15H2,1-5H3,(H,35,40)(H2,32,33,34)/t19-,22+,26+,27+,30-,47?/m0/s1. The summed E-state index contributed by atoms with van der Waals surface area (Å²) in [5.74, 6) is -1.89. The van der Waals surface area contributed by atoms with Gasteiger partial charge in [-0.3, -0.25) is 18.9 Å². The quantitative estimate of drug-likeness (QED) is 0.143. The fraction of sp³-hybridized carbons (Fsp3) is 0.467. The normalized spacial score (nSPS) is 22.6. The number of nitrogens with one attached hydrogen (secondary N) is 1. The maximum Gasteiger partial charge on any atom is 0.459 e. The molecule has 3 N–H and O–H groups in total. The average Bonchev–Trinajstić information content (AvgIpc) is 3.60. The minimum Gasteiger partial charge on any atom is -0.462 e. The molecule has 252 valence electrons. The summed E-state index contributed by atoms with van der Waals surface area (Å²) in [6.45, 7) is 7.21. The number of ether oxygens (including phenoxy) is 4. The molecule has 1 aliphatic rings. The van der Waals surface area contributed by atoms with E-state index in [-0.39, 0.29) is 30.1 Å².